The van der Waals surface area contributed by atoms with E-state index in [0.29, 0.717) is 17.0 Å². The van der Waals surface area contributed by atoms with Crippen LogP contribution in [0.15, 0.2) is 77.7 Å². The van der Waals surface area contributed by atoms with E-state index < -0.39 is 10.0 Å². The molecule has 6 nitrogen and oxygen atoms in total. The number of anilines is 1. The van der Waals surface area contributed by atoms with E-state index in [1.165, 1.54) is 12.1 Å². The Balaban J connectivity index is 1.66. The van der Waals surface area contributed by atoms with Gasteiger partial charge in [-0.15, -0.1) is 0 Å². The number of methoxy groups -OCH3 is 1. The van der Waals surface area contributed by atoms with E-state index in [1.54, 1.807) is 37.4 Å². The first-order valence-electron chi connectivity index (χ1n) is 8.67. The van der Waals surface area contributed by atoms with Gasteiger partial charge in [0.25, 0.3) is 5.91 Å². The first-order valence-corrected chi connectivity index (χ1v) is 11.2. The minimum absolute atomic E-state index is 0.130. The third kappa shape index (κ3) is 5.55. The zero-order valence-electron chi connectivity index (χ0n) is 15.6. The van der Waals surface area contributed by atoms with Crippen molar-refractivity contribution in [3.8, 4) is 5.75 Å². The van der Waals surface area contributed by atoms with Gasteiger partial charge in [-0.2, -0.15) is 0 Å². The lowest BCUT2D eigenvalue weighted by Crippen LogP contribution is -2.23. The van der Waals surface area contributed by atoms with Crippen LogP contribution in [0.4, 0.5) is 5.69 Å². The van der Waals surface area contributed by atoms with Gasteiger partial charge < -0.3 is 10.1 Å². The van der Waals surface area contributed by atoms with Crippen LogP contribution in [0.2, 0.25) is 0 Å². The van der Waals surface area contributed by atoms with Crippen LogP contribution in [-0.2, 0) is 16.6 Å². The Hall–Kier alpha value is -2.43. The third-order valence-corrected chi connectivity index (χ3v) is 6.41. The molecule has 2 N–H and O–H groups in total. The summed E-state index contributed by atoms with van der Waals surface area (Å²) in [5.41, 5.74) is 1.85. The molecular weight excluding hydrogens is 503 g/mol. The maximum Gasteiger partial charge on any atom is 0.255 e. The highest BCUT2D eigenvalue weighted by Crippen LogP contribution is 2.22. The summed E-state index contributed by atoms with van der Waals surface area (Å²) in [7, 11) is -2.08. The maximum atomic E-state index is 12.4. The number of ether oxygens (including phenoxy) is 1. The Morgan fingerprint density at radius 3 is 2.31 bits per heavy atom. The second kappa shape index (κ2) is 9.38. The number of sulfonamides is 1. The van der Waals surface area contributed by atoms with E-state index in [0.717, 1.165) is 9.13 Å². The van der Waals surface area contributed by atoms with Crippen LogP contribution in [0.1, 0.15) is 15.9 Å². The molecule has 3 rings (SSSR count). The monoisotopic (exact) mass is 522 g/mol. The lowest BCUT2D eigenvalue weighted by Gasteiger charge is -2.10. The Labute approximate surface area is 183 Å². The molecule has 29 heavy (non-hydrogen) atoms. The molecule has 0 aromatic heterocycles. The molecule has 150 valence electrons. The first kappa shape index (κ1) is 21.3. The van der Waals surface area contributed by atoms with Gasteiger partial charge in [0.15, 0.2) is 0 Å². The van der Waals surface area contributed by atoms with Gasteiger partial charge in [0.1, 0.15) is 5.75 Å². The van der Waals surface area contributed by atoms with E-state index in [4.69, 9.17) is 4.74 Å². The Morgan fingerprint density at radius 1 is 1.00 bits per heavy atom. The molecule has 0 fully saturated rings. The van der Waals surface area contributed by atoms with Gasteiger partial charge in [-0.05, 0) is 70.6 Å². The largest absolute Gasteiger partial charge is 0.496 e. The third-order valence-electron chi connectivity index (χ3n) is 4.15. The fraction of sp³-hybridized carbons (Fsp3) is 0.0952. The molecule has 0 aliphatic heterocycles. The van der Waals surface area contributed by atoms with E-state index in [9.17, 15) is 13.2 Å². The van der Waals surface area contributed by atoms with Crippen LogP contribution in [-0.4, -0.2) is 21.4 Å². The molecule has 0 saturated heterocycles. The summed E-state index contributed by atoms with van der Waals surface area (Å²) < 4.78 is 33.5. The molecule has 8 heteroatoms. The summed E-state index contributed by atoms with van der Waals surface area (Å²) in [6, 6.07) is 20.4. The maximum absolute atomic E-state index is 12.4. The van der Waals surface area contributed by atoms with Gasteiger partial charge in [0.2, 0.25) is 10.0 Å². The number of carbonyl (C=O) groups excluding carboxylic acids is 1. The molecule has 0 radical (unpaired) electrons. The normalized spacial score (nSPS) is 11.1. The minimum atomic E-state index is -3.65. The predicted octanol–water partition coefficient (Wildman–Crippen LogP) is 4.03. The van der Waals surface area contributed by atoms with E-state index in [2.05, 4.69) is 32.6 Å². The van der Waals surface area contributed by atoms with Crippen molar-refractivity contribution >= 4 is 44.2 Å². The number of amides is 1. The van der Waals surface area contributed by atoms with E-state index in [1.807, 2.05) is 30.3 Å². The van der Waals surface area contributed by atoms with Crippen molar-refractivity contribution in [1.82, 2.24) is 4.72 Å². The van der Waals surface area contributed by atoms with Crippen LogP contribution in [0.25, 0.3) is 0 Å². The predicted molar refractivity (Wildman–Crippen MR) is 121 cm³/mol. The molecule has 0 heterocycles. The van der Waals surface area contributed by atoms with Crippen molar-refractivity contribution in [2.75, 3.05) is 12.4 Å². The second-order valence-electron chi connectivity index (χ2n) is 6.14. The molecule has 0 bridgehead atoms. The summed E-state index contributed by atoms with van der Waals surface area (Å²) in [5.74, 6) is 0.406. The van der Waals surface area contributed by atoms with Gasteiger partial charge in [0.05, 0.1) is 15.6 Å². The van der Waals surface area contributed by atoms with Crippen molar-refractivity contribution in [2.45, 2.75) is 11.4 Å². The average Bonchev–Trinajstić information content (AvgIpc) is 2.73. The van der Waals surface area contributed by atoms with Crippen molar-refractivity contribution in [1.29, 1.82) is 0 Å². The van der Waals surface area contributed by atoms with Crippen LogP contribution in [0, 0.1) is 3.57 Å². The number of halogens is 1. The number of carbonyl (C=O) groups is 1. The van der Waals surface area contributed by atoms with E-state index >= 15 is 0 Å². The van der Waals surface area contributed by atoms with Crippen LogP contribution in [0.5, 0.6) is 5.75 Å². The lowest BCUT2D eigenvalue weighted by atomic mass is 10.2. The number of hydrogen-bond donors (Lipinski definition) is 2. The fourth-order valence-electron chi connectivity index (χ4n) is 2.59. The van der Waals surface area contributed by atoms with Gasteiger partial charge in [-0.25, -0.2) is 13.1 Å². The summed E-state index contributed by atoms with van der Waals surface area (Å²) in [6.45, 7) is 0.206. The molecule has 0 aliphatic rings. The molecule has 3 aromatic carbocycles. The van der Waals surface area contributed by atoms with Crippen molar-refractivity contribution in [3.63, 3.8) is 0 Å². The molecule has 1 amide bonds. The summed E-state index contributed by atoms with van der Waals surface area (Å²) in [5, 5.41) is 2.76. The summed E-state index contributed by atoms with van der Waals surface area (Å²) in [4.78, 5) is 12.6. The highest BCUT2D eigenvalue weighted by Gasteiger charge is 2.14. The summed E-state index contributed by atoms with van der Waals surface area (Å²) >= 11 is 2.10. The smallest absolute Gasteiger partial charge is 0.255 e. The zero-order valence-corrected chi connectivity index (χ0v) is 18.5. The molecule has 0 atom stereocenters. The van der Waals surface area contributed by atoms with Crippen LogP contribution >= 0.6 is 22.6 Å². The number of rotatable bonds is 7. The highest BCUT2D eigenvalue weighted by molar-refractivity contribution is 14.1. The van der Waals surface area contributed by atoms with Gasteiger partial charge in [0, 0.05) is 17.8 Å². The van der Waals surface area contributed by atoms with Crippen molar-refractivity contribution in [2.24, 2.45) is 0 Å². The van der Waals surface area contributed by atoms with Crippen LogP contribution in [0.3, 0.4) is 0 Å². The average molecular weight is 522 g/mol. The fourth-order valence-corrected chi connectivity index (χ4v) is 4.34. The molecule has 0 aliphatic carbocycles. The van der Waals surface area contributed by atoms with Crippen LogP contribution < -0.4 is 14.8 Å². The minimum Gasteiger partial charge on any atom is -0.496 e. The molecule has 0 saturated carbocycles. The quantitative estimate of drug-likeness (QED) is 0.459. The molecule has 0 spiro atoms. The standard InChI is InChI=1S/C21H19IN2O4S/c1-28-20-12-7-16(13-19(20)22)21(25)24-17-8-10-18(11-9-17)29(26,27)23-14-15-5-3-2-4-6-15/h2-13,23H,14H2,1H3,(H,24,25). The SMILES string of the molecule is COc1ccc(C(=O)Nc2ccc(S(=O)(=O)NCc3ccccc3)cc2)cc1I. The van der Waals surface area contributed by atoms with E-state index in [-0.39, 0.29) is 17.3 Å². The lowest BCUT2D eigenvalue weighted by molar-refractivity contribution is 0.102. The molecule has 3 aromatic rings. The van der Waals surface area contributed by atoms with Crippen molar-refractivity contribution < 1.29 is 17.9 Å². The zero-order chi connectivity index (χ0) is 20.9. The Bertz CT molecular complexity index is 1100. The Morgan fingerprint density at radius 2 is 1.69 bits per heavy atom. The molecular formula is C21H19IN2O4S. The molecule has 0 unspecified atom stereocenters. The topological polar surface area (TPSA) is 84.5 Å². The van der Waals surface area contributed by atoms with Gasteiger partial charge >= 0.3 is 0 Å². The number of nitrogens with one attached hydrogen (secondary N) is 2. The summed E-state index contributed by atoms with van der Waals surface area (Å²) in [6.07, 6.45) is 0. The second-order valence-corrected chi connectivity index (χ2v) is 9.07. The van der Waals surface area contributed by atoms with Gasteiger partial charge in [-0.1, -0.05) is 30.3 Å². The Kier molecular flexibility index (Phi) is 6.88. The van der Waals surface area contributed by atoms with Crippen molar-refractivity contribution in [3.05, 3.63) is 87.5 Å². The number of hydrogen-bond acceptors (Lipinski definition) is 4. The first-order chi connectivity index (χ1) is 13.9. The number of benzene rings is 3. The van der Waals surface area contributed by atoms with Gasteiger partial charge in [-0.3, -0.25) is 4.79 Å². The highest BCUT2D eigenvalue weighted by atomic mass is 127.